The number of morpholine rings is 1. The second-order valence-corrected chi connectivity index (χ2v) is 9.07. The molecular weight excluding hydrogens is 456 g/mol. The van der Waals surface area contributed by atoms with E-state index in [1.807, 2.05) is 24.3 Å². The highest BCUT2D eigenvalue weighted by Crippen LogP contribution is 2.32. The summed E-state index contributed by atoms with van der Waals surface area (Å²) >= 11 is 6.33. The summed E-state index contributed by atoms with van der Waals surface area (Å²) in [6.45, 7) is 6.09. The van der Waals surface area contributed by atoms with Crippen molar-refractivity contribution in [3.63, 3.8) is 0 Å². The summed E-state index contributed by atoms with van der Waals surface area (Å²) in [5, 5.41) is 3.76. The largest absolute Gasteiger partial charge is 0.448 e. The number of halogens is 1. The highest BCUT2D eigenvalue weighted by molar-refractivity contribution is 6.31. The zero-order valence-corrected chi connectivity index (χ0v) is 19.8. The maximum atomic E-state index is 13.2. The molecule has 9 heteroatoms. The minimum absolute atomic E-state index is 0.0352. The predicted molar refractivity (Wildman–Crippen MR) is 135 cm³/mol. The van der Waals surface area contributed by atoms with Crippen molar-refractivity contribution in [2.75, 3.05) is 74.6 Å². The maximum absolute atomic E-state index is 13.2. The lowest BCUT2D eigenvalue weighted by atomic mass is 10.1. The molecule has 0 saturated carbocycles. The monoisotopic (exact) mass is 482 g/mol. The van der Waals surface area contributed by atoms with E-state index in [9.17, 15) is 9.59 Å². The molecule has 0 bridgehead atoms. The fourth-order valence-electron chi connectivity index (χ4n) is 4.44. The van der Waals surface area contributed by atoms with E-state index >= 15 is 0 Å². The Kier molecular flexibility index (Phi) is 6.45. The molecule has 2 aliphatic heterocycles. The van der Waals surface area contributed by atoms with Gasteiger partial charge < -0.3 is 29.2 Å². The number of carbonyl (C=O) groups excluding carboxylic acids is 1. The quantitative estimate of drug-likeness (QED) is 0.611. The number of anilines is 3. The van der Waals surface area contributed by atoms with E-state index in [4.69, 9.17) is 20.8 Å². The van der Waals surface area contributed by atoms with Gasteiger partial charge in [0.25, 0.3) is 5.91 Å². The summed E-state index contributed by atoms with van der Waals surface area (Å²) in [6, 6.07) is 12.2. The van der Waals surface area contributed by atoms with Crippen LogP contribution in [0.4, 0.5) is 17.1 Å². The van der Waals surface area contributed by atoms with Gasteiger partial charge in [0.15, 0.2) is 16.8 Å². The van der Waals surface area contributed by atoms with Gasteiger partial charge >= 0.3 is 0 Å². The lowest BCUT2D eigenvalue weighted by molar-refractivity contribution is 0.0997. The Bertz CT molecular complexity index is 1260. The van der Waals surface area contributed by atoms with Crippen molar-refractivity contribution < 1.29 is 13.9 Å². The molecule has 2 aromatic carbocycles. The number of likely N-dealkylation sites (N-methyl/N-ethyl adjacent to an activating group) is 1. The Morgan fingerprint density at radius 2 is 1.65 bits per heavy atom. The molecule has 0 radical (unpaired) electrons. The number of nitrogens with zero attached hydrogens (tertiary/aromatic N) is 3. The first kappa shape index (κ1) is 22.7. The molecular formula is C25H27ClN4O4. The SMILES string of the molecule is CN1CCN(c2cc(Cl)cc3c(=O)cc(C(=O)Nc4ccccc4N4CCOCC4)oc23)CC1. The summed E-state index contributed by atoms with van der Waals surface area (Å²) in [5.41, 5.74) is 2.38. The third kappa shape index (κ3) is 4.61. The number of amides is 1. The fraction of sp³-hybridized carbons (Fsp3) is 0.360. The molecule has 0 aliphatic carbocycles. The summed E-state index contributed by atoms with van der Waals surface area (Å²) in [5.74, 6) is -0.508. The van der Waals surface area contributed by atoms with E-state index in [1.54, 1.807) is 12.1 Å². The number of fused-ring (bicyclic) bond motifs is 1. The molecule has 0 unspecified atom stereocenters. The van der Waals surface area contributed by atoms with Crippen LogP contribution in [0, 0.1) is 0 Å². The molecule has 3 aromatic rings. The minimum atomic E-state index is -0.473. The van der Waals surface area contributed by atoms with Crippen LogP contribution in [0.25, 0.3) is 11.0 Å². The minimum Gasteiger partial charge on any atom is -0.448 e. The van der Waals surface area contributed by atoms with Crippen LogP contribution in [0.5, 0.6) is 0 Å². The second-order valence-electron chi connectivity index (χ2n) is 8.64. The summed E-state index contributed by atoms with van der Waals surface area (Å²) in [7, 11) is 2.07. The molecule has 0 spiro atoms. The van der Waals surface area contributed by atoms with Crippen LogP contribution in [0.1, 0.15) is 10.6 Å². The average Bonchev–Trinajstić information content (AvgIpc) is 2.85. The number of rotatable bonds is 4. The summed E-state index contributed by atoms with van der Waals surface area (Å²) < 4.78 is 11.5. The number of hydrogen-bond donors (Lipinski definition) is 1. The van der Waals surface area contributed by atoms with Crippen molar-refractivity contribution in [2.24, 2.45) is 0 Å². The van der Waals surface area contributed by atoms with Crippen LogP contribution >= 0.6 is 11.6 Å². The molecule has 1 amide bonds. The van der Waals surface area contributed by atoms with E-state index in [0.717, 1.165) is 50.6 Å². The van der Waals surface area contributed by atoms with Gasteiger partial charge in [-0.3, -0.25) is 9.59 Å². The Morgan fingerprint density at radius 1 is 0.941 bits per heavy atom. The molecule has 34 heavy (non-hydrogen) atoms. The van der Waals surface area contributed by atoms with Crippen molar-refractivity contribution in [3.05, 3.63) is 63.5 Å². The van der Waals surface area contributed by atoms with Crippen LogP contribution < -0.4 is 20.5 Å². The zero-order valence-electron chi connectivity index (χ0n) is 19.1. The molecule has 2 aliphatic rings. The van der Waals surface area contributed by atoms with Gasteiger partial charge in [0, 0.05) is 50.4 Å². The van der Waals surface area contributed by atoms with Crippen LogP contribution in [0.15, 0.2) is 51.7 Å². The molecule has 3 heterocycles. The van der Waals surface area contributed by atoms with Crippen LogP contribution in [0.2, 0.25) is 5.02 Å². The first-order valence-corrected chi connectivity index (χ1v) is 11.8. The fourth-order valence-corrected chi connectivity index (χ4v) is 4.66. The number of hydrogen-bond acceptors (Lipinski definition) is 7. The predicted octanol–water partition coefficient (Wildman–Crippen LogP) is 3.29. The highest BCUT2D eigenvalue weighted by Gasteiger charge is 2.22. The highest BCUT2D eigenvalue weighted by atomic mass is 35.5. The second kappa shape index (κ2) is 9.66. The smallest absolute Gasteiger partial charge is 0.291 e. The van der Waals surface area contributed by atoms with Gasteiger partial charge in [-0.25, -0.2) is 0 Å². The number of carbonyl (C=O) groups is 1. The Morgan fingerprint density at radius 3 is 2.41 bits per heavy atom. The van der Waals surface area contributed by atoms with E-state index in [0.29, 0.717) is 34.9 Å². The van der Waals surface area contributed by atoms with Crippen molar-refractivity contribution in [1.82, 2.24) is 4.90 Å². The van der Waals surface area contributed by atoms with Crippen molar-refractivity contribution in [1.29, 1.82) is 0 Å². The molecule has 2 fully saturated rings. The normalized spacial score (nSPS) is 17.2. The zero-order chi connectivity index (χ0) is 23.7. The van der Waals surface area contributed by atoms with Gasteiger partial charge in [-0.1, -0.05) is 23.7 Å². The Balaban J connectivity index is 1.49. The van der Waals surface area contributed by atoms with E-state index in [2.05, 4.69) is 27.1 Å². The van der Waals surface area contributed by atoms with Crippen LogP contribution in [-0.4, -0.2) is 70.3 Å². The van der Waals surface area contributed by atoms with Gasteiger partial charge in [-0.15, -0.1) is 0 Å². The van der Waals surface area contributed by atoms with Crippen molar-refractivity contribution in [3.8, 4) is 0 Å². The van der Waals surface area contributed by atoms with E-state index < -0.39 is 5.91 Å². The van der Waals surface area contributed by atoms with Gasteiger partial charge in [-0.05, 0) is 31.3 Å². The molecule has 1 N–H and O–H groups in total. The molecule has 8 nitrogen and oxygen atoms in total. The first-order valence-electron chi connectivity index (χ1n) is 11.4. The average molecular weight is 483 g/mol. The Labute approximate surface area is 202 Å². The number of para-hydroxylation sites is 2. The number of ether oxygens (including phenoxy) is 1. The summed E-state index contributed by atoms with van der Waals surface area (Å²) in [4.78, 5) is 32.7. The van der Waals surface area contributed by atoms with Gasteiger partial charge in [0.1, 0.15) is 0 Å². The molecule has 5 rings (SSSR count). The molecule has 1 aromatic heterocycles. The number of nitrogens with one attached hydrogen (secondary N) is 1. The third-order valence-corrected chi connectivity index (χ3v) is 6.56. The molecule has 2 saturated heterocycles. The summed E-state index contributed by atoms with van der Waals surface area (Å²) in [6.07, 6.45) is 0. The first-order chi connectivity index (χ1) is 16.5. The van der Waals surface area contributed by atoms with Crippen LogP contribution in [-0.2, 0) is 4.74 Å². The molecule has 0 atom stereocenters. The van der Waals surface area contributed by atoms with Crippen molar-refractivity contribution in [2.45, 2.75) is 0 Å². The maximum Gasteiger partial charge on any atom is 0.291 e. The van der Waals surface area contributed by atoms with Gasteiger partial charge in [0.2, 0.25) is 0 Å². The Hall–Kier alpha value is -3.07. The number of piperazine rings is 1. The lowest BCUT2D eigenvalue weighted by Crippen LogP contribution is -2.44. The molecule has 178 valence electrons. The van der Waals surface area contributed by atoms with Crippen LogP contribution in [0.3, 0.4) is 0 Å². The third-order valence-electron chi connectivity index (χ3n) is 6.35. The topological polar surface area (TPSA) is 78.3 Å². The van der Waals surface area contributed by atoms with Crippen molar-refractivity contribution >= 4 is 45.5 Å². The van der Waals surface area contributed by atoms with E-state index in [1.165, 1.54) is 6.07 Å². The number of benzene rings is 2. The van der Waals surface area contributed by atoms with E-state index in [-0.39, 0.29) is 11.2 Å². The van der Waals surface area contributed by atoms with Gasteiger partial charge in [0.05, 0.1) is 35.7 Å². The standard InChI is InChI=1S/C25H27ClN4O4/c1-28-6-8-29(9-7-28)21-15-17(26)14-18-22(31)16-23(34-24(18)21)25(32)27-19-4-2-3-5-20(19)30-10-12-33-13-11-30/h2-5,14-16H,6-13H2,1H3,(H,27,32). The van der Waals surface area contributed by atoms with Gasteiger partial charge in [-0.2, -0.15) is 0 Å². The lowest BCUT2D eigenvalue weighted by Gasteiger charge is -2.34.